The van der Waals surface area contributed by atoms with Gasteiger partial charge in [0.15, 0.2) is 5.13 Å². The lowest BCUT2D eigenvalue weighted by molar-refractivity contribution is -0.115. The van der Waals surface area contributed by atoms with Crippen LogP contribution in [-0.4, -0.2) is 47.7 Å². The number of amides is 2. The van der Waals surface area contributed by atoms with Gasteiger partial charge in [0.25, 0.3) is 5.91 Å². The van der Waals surface area contributed by atoms with Crippen LogP contribution in [-0.2, 0) is 26.4 Å². The van der Waals surface area contributed by atoms with Crippen molar-refractivity contribution in [3.8, 4) is 11.3 Å². The van der Waals surface area contributed by atoms with E-state index in [0.717, 1.165) is 49.5 Å². The number of thiazole rings is 1. The number of hydrogen-bond donors (Lipinski definition) is 2. The summed E-state index contributed by atoms with van der Waals surface area (Å²) in [6, 6.07) is 9.82. The average Bonchev–Trinajstić information content (AvgIpc) is 3.62. The van der Waals surface area contributed by atoms with E-state index in [-0.39, 0.29) is 23.9 Å². The van der Waals surface area contributed by atoms with Crippen LogP contribution in [0.4, 0.5) is 5.13 Å². The topological polar surface area (TPSA) is 94.5 Å². The van der Waals surface area contributed by atoms with Gasteiger partial charge in [0, 0.05) is 48.7 Å². The normalized spacial score (nSPS) is 15.7. The molecule has 1 aromatic carbocycles. The van der Waals surface area contributed by atoms with Crippen molar-refractivity contribution in [2.75, 3.05) is 31.7 Å². The van der Waals surface area contributed by atoms with Crippen LogP contribution in [0.25, 0.3) is 11.3 Å². The van der Waals surface area contributed by atoms with Gasteiger partial charge < -0.3 is 24.7 Å². The van der Waals surface area contributed by atoms with E-state index in [4.69, 9.17) is 9.47 Å². The largest absolute Gasteiger partial charge is 0.381 e. The zero-order chi connectivity index (χ0) is 25.5. The van der Waals surface area contributed by atoms with E-state index < -0.39 is 0 Å². The molecule has 1 aliphatic rings. The number of benzene rings is 1. The number of carbonyl (C=O) groups is 2. The Labute approximate surface area is 216 Å². The molecule has 0 spiro atoms. The highest BCUT2D eigenvalue weighted by atomic mass is 32.1. The van der Waals surface area contributed by atoms with Crippen molar-refractivity contribution in [1.29, 1.82) is 0 Å². The summed E-state index contributed by atoms with van der Waals surface area (Å²) in [4.78, 5) is 29.3. The Kier molecular flexibility index (Phi) is 8.56. The van der Waals surface area contributed by atoms with Crippen LogP contribution in [0.2, 0.25) is 0 Å². The number of anilines is 1. The molecule has 1 aliphatic heterocycles. The third kappa shape index (κ3) is 7.25. The number of hydrogen-bond acceptors (Lipinski definition) is 6. The van der Waals surface area contributed by atoms with Crippen molar-refractivity contribution < 1.29 is 19.1 Å². The van der Waals surface area contributed by atoms with E-state index >= 15 is 0 Å². The summed E-state index contributed by atoms with van der Waals surface area (Å²) in [5, 5.41) is 7.82. The second-order valence-corrected chi connectivity index (χ2v) is 10.9. The van der Waals surface area contributed by atoms with Gasteiger partial charge in [-0.1, -0.05) is 18.2 Å². The van der Waals surface area contributed by atoms with Crippen LogP contribution in [0.3, 0.4) is 0 Å². The number of aromatic nitrogens is 2. The molecule has 2 N–H and O–H groups in total. The van der Waals surface area contributed by atoms with E-state index in [1.807, 2.05) is 34.3 Å². The summed E-state index contributed by atoms with van der Waals surface area (Å²) < 4.78 is 13.2. The lowest BCUT2D eigenvalue weighted by Crippen LogP contribution is -2.32. The molecule has 1 atom stereocenters. The summed E-state index contributed by atoms with van der Waals surface area (Å²) in [5.74, 6) is 0.00154. The molecule has 9 heteroatoms. The SMILES string of the molecule is CC(C)(C)n1ccc(C(=O)NCC(=O)Nc2nc(-c3cccc(COCCC4CCOC4)c3)cs2)c1. The van der Waals surface area contributed by atoms with Gasteiger partial charge in [-0.3, -0.25) is 9.59 Å². The summed E-state index contributed by atoms with van der Waals surface area (Å²) in [6.45, 7) is 9.03. The van der Waals surface area contributed by atoms with E-state index in [1.165, 1.54) is 11.3 Å². The highest BCUT2D eigenvalue weighted by Crippen LogP contribution is 2.26. The van der Waals surface area contributed by atoms with Crippen LogP contribution in [0.1, 0.15) is 49.5 Å². The van der Waals surface area contributed by atoms with Gasteiger partial charge in [-0.15, -0.1) is 11.3 Å². The van der Waals surface area contributed by atoms with Crippen molar-refractivity contribution in [3.63, 3.8) is 0 Å². The maximum atomic E-state index is 12.4. The lowest BCUT2D eigenvalue weighted by Gasteiger charge is -2.20. The Bertz CT molecular complexity index is 1170. The van der Waals surface area contributed by atoms with E-state index in [2.05, 4.69) is 42.5 Å². The van der Waals surface area contributed by atoms with Gasteiger partial charge in [0.1, 0.15) is 0 Å². The van der Waals surface area contributed by atoms with Gasteiger partial charge in [0.05, 0.1) is 24.4 Å². The number of nitrogens with zero attached hydrogens (tertiary/aromatic N) is 2. The van der Waals surface area contributed by atoms with Crippen LogP contribution >= 0.6 is 11.3 Å². The molecule has 192 valence electrons. The summed E-state index contributed by atoms with van der Waals surface area (Å²) >= 11 is 1.35. The zero-order valence-corrected chi connectivity index (χ0v) is 21.9. The first kappa shape index (κ1) is 26.1. The summed E-state index contributed by atoms with van der Waals surface area (Å²) in [5.41, 5.74) is 3.24. The Morgan fingerprint density at radius 1 is 1.28 bits per heavy atom. The Morgan fingerprint density at radius 2 is 2.14 bits per heavy atom. The highest BCUT2D eigenvalue weighted by Gasteiger charge is 2.17. The molecule has 1 fully saturated rings. The molecule has 1 unspecified atom stereocenters. The minimum absolute atomic E-state index is 0.115. The number of nitrogens with one attached hydrogen (secondary N) is 2. The van der Waals surface area contributed by atoms with Crippen LogP contribution in [0, 0.1) is 5.92 Å². The minimum atomic E-state index is -0.325. The number of ether oxygens (including phenoxy) is 2. The van der Waals surface area contributed by atoms with Gasteiger partial charge >= 0.3 is 0 Å². The third-order valence-corrected chi connectivity index (χ3v) is 6.83. The fraction of sp³-hybridized carbons (Fsp3) is 0.444. The number of carbonyl (C=O) groups excluding carboxylic acids is 2. The predicted molar refractivity (Wildman–Crippen MR) is 141 cm³/mol. The molecule has 0 radical (unpaired) electrons. The van der Waals surface area contributed by atoms with Crippen molar-refractivity contribution in [3.05, 3.63) is 59.2 Å². The maximum absolute atomic E-state index is 12.4. The quantitative estimate of drug-likeness (QED) is 0.386. The molecule has 2 aromatic heterocycles. The Balaban J connectivity index is 1.24. The second-order valence-electron chi connectivity index (χ2n) is 10.0. The van der Waals surface area contributed by atoms with E-state index in [9.17, 15) is 9.59 Å². The first-order valence-corrected chi connectivity index (χ1v) is 13.1. The summed E-state index contributed by atoms with van der Waals surface area (Å²) in [6.07, 6.45) is 5.79. The molecular formula is C27H34N4O4S. The molecule has 0 bridgehead atoms. The molecule has 4 rings (SSSR count). The summed E-state index contributed by atoms with van der Waals surface area (Å²) in [7, 11) is 0. The average molecular weight is 511 g/mol. The van der Waals surface area contributed by atoms with E-state index in [0.29, 0.717) is 23.2 Å². The van der Waals surface area contributed by atoms with Crippen molar-refractivity contribution in [2.45, 2.75) is 45.8 Å². The second kappa shape index (κ2) is 11.8. The molecule has 3 heterocycles. The Hall–Kier alpha value is -3.01. The molecule has 8 nitrogen and oxygen atoms in total. The van der Waals surface area contributed by atoms with Gasteiger partial charge in [-0.25, -0.2) is 4.98 Å². The predicted octanol–water partition coefficient (Wildman–Crippen LogP) is 4.68. The first-order chi connectivity index (χ1) is 17.3. The molecule has 1 saturated heterocycles. The molecule has 36 heavy (non-hydrogen) atoms. The highest BCUT2D eigenvalue weighted by molar-refractivity contribution is 7.14. The first-order valence-electron chi connectivity index (χ1n) is 12.2. The molecule has 0 aliphatic carbocycles. The third-order valence-electron chi connectivity index (χ3n) is 6.08. The van der Waals surface area contributed by atoms with Crippen LogP contribution in [0.5, 0.6) is 0 Å². The van der Waals surface area contributed by atoms with Crippen molar-refractivity contribution >= 4 is 28.3 Å². The fourth-order valence-electron chi connectivity index (χ4n) is 3.91. The standard InChI is InChI=1S/C27H34N4O4S/c1-27(2,3)31-10-7-22(15-31)25(33)28-14-24(32)30-26-29-23(18-36-26)21-6-4-5-20(13-21)17-35-12-9-19-8-11-34-16-19/h4-7,10,13,15,18-19H,8-9,11-12,14,16-17H2,1-3H3,(H,28,33)(H,29,30,32). The molecule has 2 amide bonds. The Morgan fingerprint density at radius 3 is 2.89 bits per heavy atom. The minimum Gasteiger partial charge on any atom is -0.381 e. The van der Waals surface area contributed by atoms with Crippen molar-refractivity contribution in [1.82, 2.24) is 14.9 Å². The number of rotatable bonds is 10. The van der Waals surface area contributed by atoms with Gasteiger partial charge in [-0.2, -0.15) is 0 Å². The van der Waals surface area contributed by atoms with Crippen LogP contribution < -0.4 is 10.6 Å². The molecular weight excluding hydrogens is 476 g/mol. The fourth-order valence-corrected chi connectivity index (χ4v) is 4.65. The smallest absolute Gasteiger partial charge is 0.253 e. The van der Waals surface area contributed by atoms with Crippen LogP contribution in [0.15, 0.2) is 48.1 Å². The van der Waals surface area contributed by atoms with Gasteiger partial charge in [0.2, 0.25) is 5.91 Å². The maximum Gasteiger partial charge on any atom is 0.253 e. The molecule has 3 aromatic rings. The monoisotopic (exact) mass is 510 g/mol. The lowest BCUT2D eigenvalue weighted by atomic mass is 10.1. The molecule has 0 saturated carbocycles. The van der Waals surface area contributed by atoms with Crippen molar-refractivity contribution in [2.24, 2.45) is 5.92 Å². The zero-order valence-electron chi connectivity index (χ0n) is 21.1. The van der Waals surface area contributed by atoms with E-state index in [1.54, 1.807) is 12.3 Å². The van der Waals surface area contributed by atoms with Gasteiger partial charge in [-0.05, 0) is 57.2 Å².